The molecule has 16 heavy (non-hydrogen) atoms. The third-order valence-corrected chi connectivity index (χ3v) is 4.21. The van der Waals surface area contributed by atoms with E-state index in [2.05, 4.69) is 39.4 Å². The van der Waals surface area contributed by atoms with Crippen molar-refractivity contribution in [1.82, 2.24) is 9.55 Å². The summed E-state index contributed by atoms with van der Waals surface area (Å²) in [5.74, 6) is 1.02. The molecule has 3 rings (SSSR count). The standard InChI is InChI=1S/C12H15N3S/c1-8-4-6-16-11(8)10-3-5-15-7-9(2)13-12(15)14-10/h4,6-7,10H,3,5H2,1-2H3,(H,13,14). The summed E-state index contributed by atoms with van der Waals surface area (Å²) in [4.78, 5) is 5.95. The Labute approximate surface area is 99.1 Å². The molecular weight excluding hydrogens is 218 g/mol. The van der Waals surface area contributed by atoms with Crippen molar-refractivity contribution in [3.8, 4) is 0 Å². The van der Waals surface area contributed by atoms with E-state index < -0.39 is 0 Å². The highest BCUT2D eigenvalue weighted by molar-refractivity contribution is 7.10. The van der Waals surface area contributed by atoms with Crippen molar-refractivity contribution >= 4 is 17.3 Å². The second-order valence-corrected chi connectivity index (χ2v) is 5.30. The van der Waals surface area contributed by atoms with Gasteiger partial charge in [-0.2, -0.15) is 0 Å². The van der Waals surface area contributed by atoms with Crippen molar-refractivity contribution in [2.75, 3.05) is 5.32 Å². The molecule has 0 aromatic carbocycles. The van der Waals surface area contributed by atoms with Crippen molar-refractivity contribution in [2.24, 2.45) is 0 Å². The molecule has 3 nitrogen and oxygen atoms in total. The zero-order chi connectivity index (χ0) is 11.1. The summed E-state index contributed by atoms with van der Waals surface area (Å²) in [7, 11) is 0. The van der Waals surface area contributed by atoms with Gasteiger partial charge in [0.1, 0.15) is 0 Å². The van der Waals surface area contributed by atoms with Gasteiger partial charge in [-0.3, -0.25) is 0 Å². The van der Waals surface area contributed by atoms with Gasteiger partial charge in [-0.15, -0.1) is 11.3 Å². The number of aryl methyl sites for hydroxylation is 3. The number of fused-ring (bicyclic) bond motifs is 1. The third-order valence-electron chi connectivity index (χ3n) is 3.08. The van der Waals surface area contributed by atoms with Gasteiger partial charge in [0.05, 0.1) is 11.7 Å². The predicted molar refractivity (Wildman–Crippen MR) is 67.0 cm³/mol. The van der Waals surface area contributed by atoms with Crippen LogP contribution in [0.15, 0.2) is 17.6 Å². The van der Waals surface area contributed by atoms with Gasteiger partial charge in [0.25, 0.3) is 0 Å². The van der Waals surface area contributed by atoms with E-state index >= 15 is 0 Å². The number of anilines is 1. The Bertz CT molecular complexity index is 512. The fourth-order valence-electron chi connectivity index (χ4n) is 2.27. The third kappa shape index (κ3) is 1.53. The van der Waals surface area contributed by atoms with Crippen LogP contribution in [0.5, 0.6) is 0 Å². The Hall–Kier alpha value is -1.29. The van der Waals surface area contributed by atoms with Gasteiger partial charge in [0, 0.05) is 17.6 Å². The fraction of sp³-hybridized carbons (Fsp3) is 0.417. The van der Waals surface area contributed by atoms with Gasteiger partial charge in [0.15, 0.2) is 0 Å². The lowest BCUT2D eigenvalue weighted by molar-refractivity contribution is 0.546. The highest BCUT2D eigenvalue weighted by Crippen LogP contribution is 2.32. The number of imidazole rings is 1. The van der Waals surface area contributed by atoms with Crippen LogP contribution in [0.25, 0.3) is 0 Å². The number of hydrogen-bond acceptors (Lipinski definition) is 3. The zero-order valence-corrected chi connectivity index (χ0v) is 10.3. The lowest BCUT2D eigenvalue weighted by atomic mass is 10.1. The summed E-state index contributed by atoms with van der Waals surface area (Å²) in [6, 6.07) is 2.63. The predicted octanol–water partition coefficient (Wildman–Crippen LogP) is 3.12. The lowest BCUT2D eigenvalue weighted by Crippen LogP contribution is -2.21. The van der Waals surface area contributed by atoms with Crippen molar-refractivity contribution in [3.05, 3.63) is 33.8 Å². The Balaban J connectivity index is 1.90. The van der Waals surface area contributed by atoms with Gasteiger partial charge < -0.3 is 9.88 Å². The first-order valence-electron chi connectivity index (χ1n) is 5.58. The number of nitrogens with one attached hydrogen (secondary N) is 1. The van der Waals surface area contributed by atoms with Crippen LogP contribution in [0, 0.1) is 13.8 Å². The highest BCUT2D eigenvalue weighted by Gasteiger charge is 2.22. The second-order valence-electron chi connectivity index (χ2n) is 4.35. The van der Waals surface area contributed by atoms with E-state index in [0.29, 0.717) is 6.04 Å². The average molecular weight is 233 g/mol. The first kappa shape index (κ1) is 9.90. The summed E-state index contributed by atoms with van der Waals surface area (Å²) in [6.45, 7) is 5.28. The van der Waals surface area contributed by atoms with E-state index in [1.807, 2.05) is 18.3 Å². The summed E-state index contributed by atoms with van der Waals surface area (Å²) >= 11 is 1.84. The molecule has 0 bridgehead atoms. The minimum atomic E-state index is 0.439. The summed E-state index contributed by atoms with van der Waals surface area (Å²) in [6.07, 6.45) is 3.25. The van der Waals surface area contributed by atoms with E-state index in [9.17, 15) is 0 Å². The highest BCUT2D eigenvalue weighted by atomic mass is 32.1. The molecule has 1 aliphatic rings. The molecule has 0 fully saturated rings. The topological polar surface area (TPSA) is 29.9 Å². The van der Waals surface area contributed by atoms with Gasteiger partial charge in [0.2, 0.25) is 5.95 Å². The largest absolute Gasteiger partial charge is 0.348 e. The molecule has 2 aromatic heterocycles. The summed E-state index contributed by atoms with van der Waals surface area (Å²) < 4.78 is 2.20. The molecule has 3 heterocycles. The van der Waals surface area contributed by atoms with E-state index in [4.69, 9.17) is 0 Å². The van der Waals surface area contributed by atoms with E-state index in [-0.39, 0.29) is 0 Å². The van der Waals surface area contributed by atoms with Crippen LogP contribution < -0.4 is 5.32 Å². The molecule has 0 spiro atoms. The van der Waals surface area contributed by atoms with Crippen LogP contribution in [0.2, 0.25) is 0 Å². The van der Waals surface area contributed by atoms with Crippen molar-refractivity contribution in [1.29, 1.82) is 0 Å². The van der Waals surface area contributed by atoms with Gasteiger partial charge in [-0.25, -0.2) is 4.98 Å². The maximum absolute atomic E-state index is 4.50. The van der Waals surface area contributed by atoms with Crippen molar-refractivity contribution in [2.45, 2.75) is 32.9 Å². The fourth-order valence-corrected chi connectivity index (χ4v) is 3.28. The van der Waals surface area contributed by atoms with Gasteiger partial charge >= 0.3 is 0 Å². The lowest BCUT2D eigenvalue weighted by Gasteiger charge is -2.25. The molecule has 0 saturated heterocycles. The number of hydrogen-bond donors (Lipinski definition) is 1. The number of thiophene rings is 1. The Morgan fingerprint density at radius 1 is 1.50 bits per heavy atom. The monoisotopic (exact) mass is 233 g/mol. The van der Waals surface area contributed by atoms with Gasteiger partial charge in [-0.05, 0) is 37.3 Å². The van der Waals surface area contributed by atoms with E-state index in [1.54, 1.807) is 0 Å². The van der Waals surface area contributed by atoms with Crippen LogP contribution in [0.1, 0.15) is 28.6 Å². The van der Waals surface area contributed by atoms with E-state index in [1.165, 1.54) is 10.4 Å². The summed E-state index contributed by atoms with van der Waals surface area (Å²) in [5, 5.41) is 5.69. The van der Waals surface area contributed by atoms with E-state index in [0.717, 1.165) is 24.6 Å². The molecule has 1 aliphatic heterocycles. The Morgan fingerprint density at radius 2 is 2.38 bits per heavy atom. The molecule has 0 saturated carbocycles. The molecule has 4 heteroatoms. The SMILES string of the molecule is Cc1cn2c(n1)NC(c1sccc1C)CC2. The summed E-state index contributed by atoms with van der Waals surface area (Å²) in [5.41, 5.74) is 2.48. The minimum absolute atomic E-state index is 0.439. The maximum atomic E-state index is 4.50. The number of nitrogens with zero attached hydrogens (tertiary/aromatic N) is 2. The molecule has 1 N–H and O–H groups in total. The van der Waals surface area contributed by atoms with Crippen molar-refractivity contribution < 1.29 is 0 Å². The first-order valence-corrected chi connectivity index (χ1v) is 6.46. The smallest absolute Gasteiger partial charge is 0.203 e. The first-order chi connectivity index (χ1) is 7.74. The van der Waals surface area contributed by atoms with Gasteiger partial charge in [-0.1, -0.05) is 0 Å². The zero-order valence-electron chi connectivity index (χ0n) is 9.53. The van der Waals surface area contributed by atoms with Crippen LogP contribution in [-0.4, -0.2) is 9.55 Å². The maximum Gasteiger partial charge on any atom is 0.203 e. The van der Waals surface area contributed by atoms with Crippen LogP contribution >= 0.6 is 11.3 Å². The van der Waals surface area contributed by atoms with Crippen LogP contribution in [0.4, 0.5) is 5.95 Å². The molecule has 2 aromatic rings. The quantitative estimate of drug-likeness (QED) is 0.820. The molecule has 0 aliphatic carbocycles. The average Bonchev–Trinajstić information content (AvgIpc) is 2.81. The van der Waals surface area contributed by atoms with Crippen LogP contribution in [-0.2, 0) is 6.54 Å². The molecule has 1 atom stereocenters. The second kappa shape index (κ2) is 3.63. The molecule has 1 unspecified atom stereocenters. The minimum Gasteiger partial charge on any atom is -0.348 e. The molecule has 0 radical (unpaired) electrons. The molecule has 0 amide bonds. The Kier molecular flexibility index (Phi) is 2.24. The molecule has 84 valence electrons. The Morgan fingerprint density at radius 3 is 3.12 bits per heavy atom. The number of rotatable bonds is 1. The molecular formula is C12H15N3S. The van der Waals surface area contributed by atoms with Crippen molar-refractivity contribution in [3.63, 3.8) is 0 Å². The van der Waals surface area contributed by atoms with Crippen LogP contribution in [0.3, 0.4) is 0 Å². The number of aromatic nitrogens is 2. The normalized spacial score (nSPS) is 19.2.